The maximum absolute atomic E-state index is 10.3. The molecule has 1 heterocycles. The van der Waals surface area contributed by atoms with E-state index in [-0.39, 0.29) is 6.10 Å². The molecule has 1 aliphatic heterocycles. The number of rotatable bonds is 3. The predicted molar refractivity (Wildman–Crippen MR) is 62.8 cm³/mol. The summed E-state index contributed by atoms with van der Waals surface area (Å²) in [6.07, 6.45) is 3.28. The van der Waals surface area contributed by atoms with Crippen molar-refractivity contribution in [2.24, 2.45) is 0 Å². The van der Waals surface area contributed by atoms with Crippen molar-refractivity contribution in [2.75, 3.05) is 7.11 Å². The fraction of sp³-hybridized carbons (Fsp3) is 0.333. The lowest BCUT2D eigenvalue weighted by molar-refractivity contribution is -0.400. The van der Waals surface area contributed by atoms with E-state index in [1.165, 1.54) is 6.08 Å². The highest BCUT2D eigenvalue weighted by atomic mass is 16.6. The largest absolute Gasteiger partial charge is 0.496 e. The predicted octanol–water partition coefficient (Wildman–Crippen LogP) is 2.27. The second-order valence-corrected chi connectivity index (χ2v) is 3.94. The van der Waals surface area contributed by atoms with Crippen molar-refractivity contribution in [3.05, 3.63) is 39.6 Å². The van der Waals surface area contributed by atoms with Crippen LogP contribution in [-0.2, 0) is 6.42 Å². The first-order chi connectivity index (χ1) is 8.10. The van der Waals surface area contributed by atoms with Crippen molar-refractivity contribution in [3.8, 4) is 11.5 Å². The van der Waals surface area contributed by atoms with Crippen molar-refractivity contribution in [1.82, 2.24) is 0 Å². The average Bonchev–Trinajstić information content (AvgIpc) is 2.63. The molecule has 0 aliphatic carbocycles. The van der Waals surface area contributed by atoms with Gasteiger partial charge in [-0.25, -0.2) is 0 Å². The van der Waals surface area contributed by atoms with Gasteiger partial charge in [-0.05, 0) is 19.1 Å². The molecule has 90 valence electrons. The van der Waals surface area contributed by atoms with Gasteiger partial charge in [-0.3, -0.25) is 10.1 Å². The molecule has 1 aromatic rings. The smallest absolute Gasteiger partial charge is 0.235 e. The second-order valence-electron chi connectivity index (χ2n) is 3.94. The van der Waals surface area contributed by atoms with Crippen molar-refractivity contribution in [3.63, 3.8) is 0 Å². The normalized spacial score (nSPS) is 17.9. The summed E-state index contributed by atoms with van der Waals surface area (Å²) in [7, 11) is 1.55. The van der Waals surface area contributed by atoms with Gasteiger partial charge in [0.2, 0.25) is 6.20 Å². The highest BCUT2D eigenvalue weighted by Gasteiger charge is 2.21. The highest BCUT2D eigenvalue weighted by molar-refractivity contribution is 5.61. The third kappa shape index (κ3) is 2.38. The minimum absolute atomic E-state index is 0.143. The third-order valence-corrected chi connectivity index (χ3v) is 2.62. The molecule has 1 atom stereocenters. The van der Waals surface area contributed by atoms with E-state index < -0.39 is 4.92 Å². The lowest BCUT2D eigenvalue weighted by atomic mass is 10.1. The SMILES string of the molecule is COc1cc2c(cc1C=C[N+](=O)[O-])OC(C)C2. The van der Waals surface area contributed by atoms with Gasteiger partial charge in [-0.15, -0.1) is 0 Å². The zero-order valence-corrected chi connectivity index (χ0v) is 9.67. The Morgan fingerprint density at radius 2 is 2.35 bits per heavy atom. The summed E-state index contributed by atoms with van der Waals surface area (Å²) in [5.41, 5.74) is 1.73. The van der Waals surface area contributed by atoms with E-state index in [0.29, 0.717) is 11.3 Å². The number of nitro groups is 1. The van der Waals surface area contributed by atoms with E-state index in [9.17, 15) is 10.1 Å². The van der Waals surface area contributed by atoms with Crippen molar-refractivity contribution < 1.29 is 14.4 Å². The van der Waals surface area contributed by atoms with Crippen LogP contribution in [0.3, 0.4) is 0 Å². The lowest BCUT2D eigenvalue weighted by Crippen LogP contribution is -2.05. The van der Waals surface area contributed by atoms with Crippen LogP contribution in [0.4, 0.5) is 0 Å². The summed E-state index contributed by atoms with van der Waals surface area (Å²) in [6, 6.07) is 3.65. The van der Waals surface area contributed by atoms with Crippen molar-refractivity contribution in [2.45, 2.75) is 19.4 Å². The third-order valence-electron chi connectivity index (χ3n) is 2.62. The Hall–Kier alpha value is -2.04. The first kappa shape index (κ1) is 11.4. The Kier molecular flexibility index (Phi) is 2.99. The van der Waals surface area contributed by atoms with E-state index in [1.54, 1.807) is 13.2 Å². The Morgan fingerprint density at radius 3 is 3.00 bits per heavy atom. The monoisotopic (exact) mass is 235 g/mol. The molecular weight excluding hydrogens is 222 g/mol. The summed E-state index contributed by atoms with van der Waals surface area (Å²) in [6.45, 7) is 1.99. The maximum Gasteiger partial charge on any atom is 0.235 e. The highest BCUT2D eigenvalue weighted by Crippen LogP contribution is 2.35. The number of nitrogens with zero attached hydrogens (tertiary/aromatic N) is 1. The molecule has 0 aromatic heterocycles. The fourth-order valence-corrected chi connectivity index (χ4v) is 1.90. The summed E-state index contributed by atoms with van der Waals surface area (Å²) < 4.78 is 10.8. The molecule has 1 aliphatic rings. The van der Waals surface area contributed by atoms with Gasteiger partial charge >= 0.3 is 0 Å². The van der Waals surface area contributed by atoms with Gasteiger partial charge in [0.15, 0.2) is 0 Å². The topological polar surface area (TPSA) is 61.6 Å². The zero-order chi connectivity index (χ0) is 12.4. The first-order valence-electron chi connectivity index (χ1n) is 5.29. The quantitative estimate of drug-likeness (QED) is 0.595. The molecule has 0 bridgehead atoms. The van der Waals surface area contributed by atoms with E-state index >= 15 is 0 Å². The molecule has 0 N–H and O–H groups in total. The lowest BCUT2D eigenvalue weighted by Gasteiger charge is -2.07. The molecule has 5 heteroatoms. The van der Waals surface area contributed by atoms with Crippen LogP contribution >= 0.6 is 0 Å². The molecule has 0 spiro atoms. The summed E-state index contributed by atoms with van der Waals surface area (Å²) in [4.78, 5) is 9.80. The zero-order valence-electron chi connectivity index (χ0n) is 9.67. The van der Waals surface area contributed by atoms with Crippen molar-refractivity contribution in [1.29, 1.82) is 0 Å². The van der Waals surface area contributed by atoms with E-state index in [4.69, 9.17) is 9.47 Å². The van der Waals surface area contributed by atoms with Gasteiger partial charge in [-0.1, -0.05) is 0 Å². The minimum atomic E-state index is -0.504. The fourth-order valence-electron chi connectivity index (χ4n) is 1.90. The van der Waals surface area contributed by atoms with Crippen LogP contribution < -0.4 is 9.47 Å². The summed E-state index contributed by atoms with van der Waals surface area (Å²) in [5, 5.41) is 10.3. The summed E-state index contributed by atoms with van der Waals surface area (Å²) in [5.74, 6) is 1.40. The van der Waals surface area contributed by atoms with Crippen molar-refractivity contribution >= 4 is 6.08 Å². The Balaban J connectivity index is 2.39. The van der Waals surface area contributed by atoms with E-state index in [1.807, 2.05) is 13.0 Å². The van der Waals surface area contributed by atoms with Crippen LogP contribution in [0.15, 0.2) is 18.3 Å². The molecule has 0 amide bonds. The minimum Gasteiger partial charge on any atom is -0.496 e. The van der Waals surface area contributed by atoms with Gasteiger partial charge in [0, 0.05) is 23.6 Å². The van der Waals surface area contributed by atoms with Crippen LogP contribution in [-0.4, -0.2) is 18.1 Å². The van der Waals surface area contributed by atoms with Gasteiger partial charge in [0.25, 0.3) is 0 Å². The van der Waals surface area contributed by atoms with Gasteiger partial charge in [0.05, 0.1) is 12.0 Å². The van der Waals surface area contributed by atoms with Crippen LogP contribution in [0.5, 0.6) is 11.5 Å². The van der Waals surface area contributed by atoms with Gasteiger partial charge < -0.3 is 9.47 Å². The molecule has 0 fully saturated rings. The number of fused-ring (bicyclic) bond motifs is 1. The van der Waals surface area contributed by atoms with Crippen LogP contribution in [0, 0.1) is 10.1 Å². The maximum atomic E-state index is 10.3. The molecule has 1 aromatic carbocycles. The molecule has 5 nitrogen and oxygen atoms in total. The molecule has 0 radical (unpaired) electrons. The van der Waals surface area contributed by atoms with E-state index in [0.717, 1.165) is 23.9 Å². The standard InChI is InChI=1S/C12H13NO4/c1-8-5-10-7-11(16-2)9(3-4-13(14)15)6-12(10)17-8/h3-4,6-8H,5H2,1-2H3. The van der Waals surface area contributed by atoms with E-state index in [2.05, 4.69) is 0 Å². The number of ether oxygens (including phenoxy) is 2. The number of hydrogen-bond donors (Lipinski definition) is 0. The number of hydrogen-bond acceptors (Lipinski definition) is 4. The van der Waals surface area contributed by atoms with Crippen LogP contribution in [0.1, 0.15) is 18.1 Å². The first-order valence-corrected chi connectivity index (χ1v) is 5.29. The van der Waals surface area contributed by atoms with Crippen LogP contribution in [0.25, 0.3) is 6.08 Å². The molecule has 0 saturated carbocycles. The molecule has 1 unspecified atom stereocenters. The Labute approximate surface area is 98.8 Å². The number of benzene rings is 1. The van der Waals surface area contributed by atoms with Gasteiger partial charge in [-0.2, -0.15) is 0 Å². The Morgan fingerprint density at radius 1 is 1.59 bits per heavy atom. The second kappa shape index (κ2) is 4.45. The molecule has 2 rings (SSSR count). The Bertz CT molecular complexity index is 482. The molecule has 17 heavy (non-hydrogen) atoms. The molecular formula is C12H13NO4. The van der Waals surface area contributed by atoms with Crippen LogP contribution in [0.2, 0.25) is 0 Å². The number of methoxy groups -OCH3 is 1. The summed E-state index contributed by atoms with van der Waals surface area (Å²) >= 11 is 0. The average molecular weight is 235 g/mol. The van der Waals surface area contributed by atoms with Gasteiger partial charge in [0.1, 0.15) is 17.6 Å². The molecule has 0 saturated heterocycles.